The van der Waals surface area contributed by atoms with Gasteiger partial charge in [0.25, 0.3) is 0 Å². The van der Waals surface area contributed by atoms with Crippen molar-refractivity contribution >= 4 is 21.7 Å². The van der Waals surface area contributed by atoms with Crippen molar-refractivity contribution in [3.8, 4) is 5.75 Å². The van der Waals surface area contributed by atoms with Crippen LogP contribution >= 0.6 is 0 Å². The van der Waals surface area contributed by atoms with Crippen LogP contribution in [0, 0.1) is 17.6 Å². The van der Waals surface area contributed by atoms with Gasteiger partial charge in [-0.2, -0.15) is 8.42 Å². The average Bonchev–Trinajstić information content (AvgIpc) is 3.01. The van der Waals surface area contributed by atoms with Gasteiger partial charge in [-0.05, 0) is 72.5 Å². The smallest absolute Gasteiger partial charge is 0.311 e. The van der Waals surface area contributed by atoms with Crippen LogP contribution in [-0.2, 0) is 19.6 Å². The standard InChI is InChI=1S/C31H33F2NO10S/c32-19-5-1-17(2-6-19)24(36)14-13-23-27(34(31(23)40)21-9-7-20(33)8-10-21)18-3-11-22(12-4-18)44-45(41,42)16-26-29(38)30(39)28(37)25(15-35)43-26/h1-12,23-30,35-39H,13-16H2/t23-,24?,25?,26?,27-,28?,29?,30?/m1/s1. The molecule has 0 aliphatic carbocycles. The summed E-state index contributed by atoms with van der Waals surface area (Å²) in [7, 11) is -4.40. The van der Waals surface area contributed by atoms with Crippen molar-refractivity contribution < 1.29 is 56.4 Å². The number of aliphatic hydroxyl groups is 5. The normalized spacial score (nSPS) is 27.6. The van der Waals surface area contributed by atoms with Gasteiger partial charge >= 0.3 is 10.1 Å². The highest BCUT2D eigenvalue weighted by Gasteiger charge is 2.49. The molecule has 8 atom stereocenters. The molecular formula is C31H33F2NO10S. The number of anilines is 1. The van der Waals surface area contributed by atoms with E-state index in [1.54, 1.807) is 12.1 Å². The maximum absolute atomic E-state index is 13.6. The van der Waals surface area contributed by atoms with Crippen LogP contribution in [0.3, 0.4) is 0 Å². The van der Waals surface area contributed by atoms with Gasteiger partial charge in [0, 0.05) is 5.69 Å². The molecule has 1 amide bonds. The molecular weight excluding hydrogens is 616 g/mol. The molecule has 45 heavy (non-hydrogen) atoms. The van der Waals surface area contributed by atoms with Gasteiger partial charge in [0.2, 0.25) is 5.91 Å². The van der Waals surface area contributed by atoms with E-state index < -0.39 is 82.7 Å². The average molecular weight is 650 g/mol. The number of benzene rings is 3. The summed E-state index contributed by atoms with van der Waals surface area (Å²) in [5.74, 6) is -2.72. The maximum atomic E-state index is 13.6. The maximum Gasteiger partial charge on any atom is 0.311 e. The van der Waals surface area contributed by atoms with Gasteiger partial charge in [-0.25, -0.2) is 8.78 Å². The molecule has 2 fully saturated rings. The molecule has 0 radical (unpaired) electrons. The van der Waals surface area contributed by atoms with Gasteiger partial charge in [-0.3, -0.25) is 4.79 Å². The summed E-state index contributed by atoms with van der Waals surface area (Å²) in [6.07, 6.45) is -8.37. The van der Waals surface area contributed by atoms with Gasteiger partial charge in [-0.1, -0.05) is 24.3 Å². The number of hydrogen-bond acceptors (Lipinski definition) is 10. The third-order valence-electron chi connectivity index (χ3n) is 8.13. The van der Waals surface area contributed by atoms with Crippen molar-refractivity contribution in [1.29, 1.82) is 0 Å². The molecule has 6 unspecified atom stereocenters. The second-order valence-corrected chi connectivity index (χ2v) is 12.7. The second-order valence-electron chi connectivity index (χ2n) is 11.1. The monoisotopic (exact) mass is 649 g/mol. The number of hydrogen-bond donors (Lipinski definition) is 5. The first kappa shape index (κ1) is 32.9. The second kappa shape index (κ2) is 13.5. The zero-order valence-electron chi connectivity index (χ0n) is 23.8. The van der Waals surface area contributed by atoms with Crippen LogP contribution in [0.25, 0.3) is 0 Å². The number of aliphatic hydroxyl groups excluding tert-OH is 5. The molecule has 2 saturated heterocycles. The van der Waals surface area contributed by atoms with E-state index in [-0.39, 0.29) is 24.5 Å². The third-order valence-corrected chi connectivity index (χ3v) is 9.31. The van der Waals surface area contributed by atoms with Crippen molar-refractivity contribution in [1.82, 2.24) is 0 Å². The number of rotatable bonds is 11. The predicted octanol–water partition coefficient (Wildman–Crippen LogP) is 1.73. The van der Waals surface area contributed by atoms with Crippen molar-refractivity contribution in [3.05, 3.63) is 95.6 Å². The van der Waals surface area contributed by atoms with E-state index in [1.165, 1.54) is 65.6 Å². The zero-order valence-corrected chi connectivity index (χ0v) is 24.6. The fraction of sp³-hybridized carbons (Fsp3) is 0.387. The minimum atomic E-state index is -4.40. The van der Waals surface area contributed by atoms with E-state index in [1.807, 2.05) is 0 Å². The SMILES string of the molecule is O=C1[C@H](CCC(O)c2ccc(F)cc2)[C@@H](c2ccc(OS(=O)(=O)CC3OC(CO)C(O)C(O)C3O)cc2)N1c1ccc(F)cc1. The Bertz CT molecular complexity index is 1570. The van der Waals surface area contributed by atoms with E-state index in [4.69, 9.17) is 8.92 Å². The molecule has 5 rings (SSSR count). The third kappa shape index (κ3) is 7.17. The van der Waals surface area contributed by atoms with Crippen LogP contribution in [0.5, 0.6) is 5.75 Å². The summed E-state index contributed by atoms with van der Waals surface area (Å²) >= 11 is 0. The van der Waals surface area contributed by atoms with E-state index in [9.17, 15) is 47.5 Å². The Labute approximate surface area is 258 Å². The topological polar surface area (TPSA) is 174 Å². The van der Waals surface area contributed by atoms with Crippen LogP contribution in [0.15, 0.2) is 72.8 Å². The Kier molecular flexibility index (Phi) is 9.84. The largest absolute Gasteiger partial charge is 0.394 e. The Morgan fingerprint density at radius 3 is 2.02 bits per heavy atom. The van der Waals surface area contributed by atoms with E-state index in [0.29, 0.717) is 16.8 Å². The van der Waals surface area contributed by atoms with Crippen LogP contribution in [0.4, 0.5) is 14.5 Å². The lowest BCUT2D eigenvalue weighted by molar-refractivity contribution is -0.223. The van der Waals surface area contributed by atoms with Gasteiger partial charge in [0.1, 0.15) is 53.7 Å². The van der Waals surface area contributed by atoms with Gasteiger partial charge in [0.15, 0.2) is 0 Å². The molecule has 11 nitrogen and oxygen atoms in total. The fourth-order valence-electron chi connectivity index (χ4n) is 5.71. The number of carbonyl (C=O) groups is 1. The van der Waals surface area contributed by atoms with Crippen molar-refractivity contribution in [3.63, 3.8) is 0 Å². The van der Waals surface area contributed by atoms with E-state index in [0.717, 1.165) is 0 Å². The zero-order chi connectivity index (χ0) is 32.5. The van der Waals surface area contributed by atoms with Crippen LogP contribution in [-0.4, -0.2) is 82.7 Å². The molecule has 0 aromatic heterocycles. The Hall–Kier alpha value is -3.50. The summed E-state index contributed by atoms with van der Waals surface area (Å²) < 4.78 is 62.9. The summed E-state index contributed by atoms with van der Waals surface area (Å²) in [6.45, 7) is -0.714. The van der Waals surface area contributed by atoms with E-state index >= 15 is 0 Å². The molecule has 14 heteroatoms. The lowest BCUT2D eigenvalue weighted by Crippen LogP contribution is -2.60. The van der Waals surface area contributed by atoms with Crippen LogP contribution < -0.4 is 9.08 Å². The molecule has 2 aliphatic heterocycles. The van der Waals surface area contributed by atoms with Crippen molar-refractivity contribution in [2.24, 2.45) is 5.92 Å². The first-order valence-corrected chi connectivity index (χ1v) is 15.8. The molecule has 0 bridgehead atoms. The van der Waals surface area contributed by atoms with Gasteiger partial charge < -0.3 is 39.4 Å². The minimum absolute atomic E-state index is 0.0920. The number of nitrogens with zero attached hydrogens (tertiary/aromatic N) is 1. The lowest BCUT2D eigenvalue weighted by Gasteiger charge is -2.48. The Balaban J connectivity index is 1.31. The highest BCUT2D eigenvalue weighted by molar-refractivity contribution is 7.87. The fourth-order valence-corrected chi connectivity index (χ4v) is 6.86. The number of β-lactam (4-membered cyclic amide) rings is 1. The van der Waals surface area contributed by atoms with Crippen molar-refractivity contribution in [2.45, 2.75) is 55.5 Å². The van der Waals surface area contributed by atoms with Crippen LogP contribution in [0.2, 0.25) is 0 Å². The van der Waals surface area contributed by atoms with Gasteiger partial charge in [0.05, 0.1) is 24.7 Å². The lowest BCUT2D eigenvalue weighted by atomic mass is 9.78. The number of carbonyl (C=O) groups excluding carboxylic acids is 1. The molecule has 0 saturated carbocycles. The highest BCUT2D eigenvalue weighted by atomic mass is 32.2. The summed E-state index contributed by atoms with van der Waals surface area (Å²) in [5.41, 5.74) is 1.56. The Morgan fingerprint density at radius 2 is 1.42 bits per heavy atom. The summed E-state index contributed by atoms with van der Waals surface area (Å²) in [6, 6.07) is 16.1. The number of ether oxygens (including phenoxy) is 1. The minimum Gasteiger partial charge on any atom is -0.394 e. The number of amides is 1. The highest BCUT2D eigenvalue weighted by Crippen LogP contribution is 2.46. The molecule has 2 aliphatic rings. The quantitative estimate of drug-likeness (QED) is 0.152. The molecule has 242 valence electrons. The molecule has 3 aromatic rings. The summed E-state index contributed by atoms with van der Waals surface area (Å²) in [5, 5.41) is 50.1. The molecule has 5 N–H and O–H groups in total. The van der Waals surface area contributed by atoms with Crippen LogP contribution in [0.1, 0.15) is 36.1 Å². The summed E-state index contributed by atoms with van der Waals surface area (Å²) in [4.78, 5) is 14.8. The number of halogens is 2. The van der Waals surface area contributed by atoms with E-state index in [2.05, 4.69) is 0 Å². The molecule has 0 spiro atoms. The Morgan fingerprint density at radius 1 is 0.844 bits per heavy atom. The first-order valence-electron chi connectivity index (χ1n) is 14.2. The first-order chi connectivity index (χ1) is 21.4. The molecule has 3 aromatic carbocycles. The van der Waals surface area contributed by atoms with Gasteiger partial charge in [-0.15, -0.1) is 0 Å². The molecule has 2 heterocycles. The van der Waals surface area contributed by atoms with Crippen molar-refractivity contribution in [2.75, 3.05) is 17.3 Å². The predicted molar refractivity (Wildman–Crippen MR) is 155 cm³/mol.